The van der Waals surface area contributed by atoms with Crippen molar-refractivity contribution in [2.75, 3.05) is 5.75 Å². The molecule has 0 radical (unpaired) electrons. The van der Waals surface area contributed by atoms with Crippen LogP contribution in [0.5, 0.6) is 0 Å². The molecule has 0 heterocycles. The van der Waals surface area contributed by atoms with Gasteiger partial charge in [0.15, 0.2) is 0 Å². The number of hydrogen-bond donors (Lipinski definition) is 1. The van der Waals surface area contributed by atoms with Crippen molar-refractivity contribution in [1.82, 2.24) is 0 Å². The van der Waals surface area contributed by atoms with Crippen molar-refractivity contribution < 1.29 is 0 Å². The molecule has 0 aliphatic carbocycles. The van der Waals surface area contributed by atoms with Gasteiger partial charge < -0.3 is 5.73 Å². The number of rotatable bonds is 4. The van der Waals surface area contributed by atoms with Gasteiger partial charge >= 0.3 is 0 Å². The molecule has 0 aliphatic rings. The Morgan fingerprint density at radius 1 is 1.46 bits per heavy atom. The first-order valence-corrected chi connectivity index (χ1v) is 5.62. The van der Waals surface area contributed by atoms with Gasteiger partial charge in [-0.05, 0) is 17.4 Å². The molecule has 2 N–H and O–H groups in total. The highest BCUT2D eigenvalue weighted by Crippen LogP contribution is 2.22. The lowest BCUT2D eigenvalue weighted by Crippen LogP contribution is -2.11. The second kappa shape index (κ2) is 5.25. The quantitative estimate of drug-likeness (QED) is 0.612. The smallest absolute Gasteiger partial charge is 0.0772 e. The standard InChI is InChI=1S/C10H13NS2/c1-2-13-9-6-4-3-5-8(9)7-10(11)12/h3-6H,2,7H2,1H3,(H2,11,12). The summed E-state index contributed by atoms with van der Waals surface area (Å²) < 4.78 is 0. The Morgan fingerprint density at radius 3 is 2.77 bits per heavy atom. The van der Waals surface area contributed by atoms with E-state index in [0.29, 0.717) is 11.4 Å². The lowest BCUT2D eigenvalue weighted by Gasteiger charge is -2.06. The minimum Gasteiger partial charge on any atom is -0.393 e. The Bertz CT molecular complexity index is 297. The zero-order valence-corrected chi connectivity index (χ0v) is 9.25. The minimum absolute atomic E-state index is 0.559. The van der Waals surface area contributed by atoms with Gasteiger partial charge in [0.05, 0.1) is 4.99 Å². The second-order valence-corrected chi connectivity index (χ2v) is 4.51. The van der Waals surface area contributed by atoms with Crippen LogP contribution in [0.2, 0.25) is 0 Å². The van der Waals surface area contributed by atoms with Gasteiger partial charge in [-0.3, -0.25) is 0 Å². The molecule has 0 bridgehead atoms. The number of hydrogen-bond acceptors (Lipinski definition) is 2. The van der Waals surface area contributed by atoms with Crippen molar-refractivity contribution in [3.8, 4) is 0 Å². The van der Waals surface area contributed by atoms with E-state index in [2.05, 4.69) is 19.1 Å². The van der Waals surface area contributed by atoms with E-state index in [1.54, 1.807) is 0 Å². The van der Waals surface area contributed by atoms with Gasteiger partial charge in [-0.25, -0.2) is 0 Å². The van der Waals surface area contributed by atoms with Crippen molar-refractivity contribution in [1.29, 1.82) is 0 Å². The van der Waals surface area contributed by atoms with E-state index in [9.17, 15) is 0 Å². The van der Waals surface area contributed by atoms with Crippen LogP contribution in [0.15, 0.2) is 29.2 Å². The lowest BCUT2D eigenvalue weighted by molar-refractivity contribution is 1.22. The highest BCUT2D eigenvalue weighted by atomic mass is 32.2. The summed E-state index contributed by atoms with van der Waals surface area (Å²) in [5.41, 5.74) is 6.75. The predicted molar refractivity (Wildman–Crippen MR) is 63.3 cm³/mol. The third-order valence-electron chi connectivity index (χ3n) is 1.64. The Kier molecular flexibility index (Phi) is 4.25. The first kappa shape index (κ1) is 10.5. The Labute approximate surface area is 88.7 Å². The van der Waals surface area contributed by atoms with Gasteiger partial charge in [-0.1, -0.05) is 37.3 Å². The van der Waals surface area contributed by atoms with E-state index in [0.717, 1.165) is 5.75 Å². The van der Waals surface area contributed by atoms with Crippen LogP contribution in [0.1, 0.15) is 12.5 Å². The average Bonchev–Trinajstić information content (AvgIpc) is 2.08. The van der Waals surface area contributed by atoms with Crippen molar-refractivity contribution >= 4 is 29.0 Å². The molecule has 0 spiro atoms. The summed E-state index contributed by atoms with van der Waals surface area (Å²) >= 11 is 6.72. The third kappa shape index (κ3) is 3.36. The number of benzene rings is 1. The van der Waals surface area contributed by atoms with Crippen LogP contribution in [0.4, 0.5) is 0 Å². The van der Waals surface area contributed by atoms with Crippen molar-refractivity contribution in [3.05, 3.63) is 29.8 Å². The van der Waals surface area contributed by atoms with Crippen LogP contribution in [0, 0.1) is 0 Å². The molecular weight excluding hydrogens is 198 g/mol. The summed E-state index contributed by atoms with van der Waals surface area (Å²) in [4.78, 5) is 1.85. The molecule has 1 aromatic rings. The van der Waals surface area contributed by atoms with Gasteiger partial charge in [0, 0.05) is 11.3 Å². The average molecular weight is 211 g/mol. The molecular formula is C10H13NS2. The summed E-state index contributed by atoms with van der Waals surface area (Å²) in [7, 11) is 0. The summed E-state index contributed by atoms with van der Waals surface area (Å²) in [6, 6.07) is 8.26. The summed E-state index contributed by atoms with van der Waals surface area (Å²) in [5.74, 6) is 1.08. The molecule has 0 aliphatic heterocycles. The van der Waals surface area contributed by atoms with E-state index in [-0.39, 0.29) is 0 Å². The van der Waals surface area contributed by atoms with E-state index >= 15 is 0 Å². The van der Waals surface area contributed by atoms with Crippen molar-refractivity contribution in [3.63, 3.8) is 0 Å². The van der Waals surface area contributed by atoms with Crippen LogP contribution < -0.4 is 5.73 Å². The van der Waals surface area contributed by atoms with Crippen molar-refractivity contribution in [2.45, 2.75) is 18.2 Å². The molecule has 3 heteroatoms. The van der Waals surface area contributed by atoms with Crippen LogP contribution in [0.25, 0.3) is 0 Å². The summed E-state index contributed by atoms with van der Waals surface area (Å²) in [6.07, 6.45) is 0.707. The number of nitrogens with two attached hydrogens (primary N) is 1. The third-order valence-corrected chi connectivity index (χ3v) is 2.78. The molecule has 0 saturated carbocycles. The summed E-state index contributed by atoms with van der Waals surface area (Å²) in [5, 5.41) is 0. The fraction of sp³-hybridized carbons (Fsp3) is 0.300. The van der Waals surface area contributed by atoms with E-state index < -0.39 is 0 Å². The second-order valence-electron chi connectivity index (χ2n) is 2.68. The van der Waals surface area contributed by atoms with Crippen LogP contribution in [-0.4, -0.2) is 10.7 Å². The van der Waals surface area contributed by atoms with Gasteiger partial charge in [-0.15, -0.1) is 11.8 Å². The topological polar surface area (TPSA) is 26.0 Å². The molecule has 70 valence electrons. The van der Waals surface area contributed by atoms with E-state index in [4.69, 9.17) is 18.0 Å². The van der Waals surface area contributed by atoms with Gasteiger partial charge in [0.25, 0.3) is 0 Å². The first-order chi connectivity index (χ1) is 6.24. The highest BCUT2D eigenvalue weighted by Gasteiger charge is 2.01. The molecule has 0 atom stereocenters. The number of thiocarbonyl (C=S) groups is 1. The maximum absolute atomic E-state index is 5.51. The molecule has 1 rings (SSSR count). The normalized spacial score (nSPS) is 9.92. The van der Waals surface area contributed by atoms with E-state index in [1.807, 2.05) is 23.9 Å². The SMILES string of the molecule is CCSc1ccccc1CC(N)=S. The molecule has 0 amide bonds. The maximum Gasteiger partial charge on any atom is 0.0772 e. The van der Waals surface area contributed by atoms with Gasteiger partial charge in [-0.2, -0.15) is 0 Å². The molecule has 0 unspecified atom stereocenters. The van der Waals surface area contributed by atoms with Crippen LogP contribution in [0.3, 0.4) is 0 Å². The fourth-order valence-electron chi connectivity index (χ4n) is 1.13. The van der Waals surface area contributed by atoms with Crippen LogP contribution >= 0.6 is 24.0 Å². The number of thioether (sulfide) groups is 1. The molecule has 0 saturated heterocycles. The lowest BCUT2D eigenvalue weighted by atomic mass is 10.1. The van der Waals surface area contributed by atoms with Gasteiger partial charge in [0.1, 0.15) is 0 Å². The monoisotopic (exact) mass is 211 g/mol. The zero-order valence-electron chi connectivity index (χ0n) is 7.62. The predicted octanol–water partition coefficient (Wildman–Crippen LogP) is 2.63. The molecule has 0 aromatic heterocycles. The zero-order chi connectivity index (χ0) is 9.68. The van der Waals surface area contributed by atoms with Gasteiger partial charge in [0.2, 0.25) is 0 Å². The Balaban J connectivity index is 2.84. The minimum atomic E-state index is 0.559. The Hall–Kier alpha value is -0.540. The molecule has 0 fully saturated rings. The largest absolute Gasteiger partial charge is 0.393 e. The molecule has 1 nitrogen and oxygen atoms in total. The first-order valence-electron chi connectivity index (χ1n) is 4.23. The molecule has 13 heavy (non-hydrogen) atoms. The Morgan fingerprint density at radius 2 is 2.15 bits per heavy atom. The van der Waals surface area contributed by atoms with E-state index in [1.165, 1.54) is 10.5 Å². The van der Waals surface area contributed by atoms with Crippen LogP contribution in [-0.2, 0) is 6.42 Å². The summed E-state index contributed by atoms with van der Waals surface area (Å²) in [6.45, 7) is 2.14. The fourth-order valence-corrected chi connectivity index (χ4v) is 2.10. The molecule has 1 aromatic carbocycles. The van der Waals surface area contributed by atoms with Crippen molar-refractivity contribution in [2.24, 2.45) is 5.73 Å². The maximum atomic E-state index is 5.51. The highest BCUT2D eigenvalue weighted by molar-refractivity contribution is 7.99.